The van der Waals surface area contributed by atoms with E-state index in [9.17, 15) is 9.59 Å². The van der Waals surface area contributed by atoms with E-state index in [4.69, 9.17) is 4.74 Å². The zero-order valence-corrected chi connectivity index (χ0v) is 14.1. The number of thiazole rings is 1. The van der Waals surface area contributed by atoms with E-state index < -0.39 is 6.04 Å². The lowest BCUT2D eigenvalue weighted by Gasteiger charge is -2.18. The van der Waals surface area contributed by atoms with Crippen LogP contribution in [0, 0.1) is 6.92 Å². The van der Waals surface area contributed by atoms with Crippen molar-refractivity contribution in [2.75, 3.05) is 12.4 Å². The minimum absolute atomic E-state index is 0.130. The lowest BCUT2D eigenvalue weighted by atomic mass is 10.0. The molecule has 1 aromatic heterocycles. The molecular weight excluding hydrogens is 314 g/mol. The van der Waals surface area contributed by atoms with Crippen molar-refractivity contribution in [1.82, 2.24) is 10.3 Å². The normalized spacial score (nSPS) is 11.6. The first kappa shape index (κ1) is 17.0. The van der Waals surface area contributed by atoms with E-state index in [2.05, 4.69) is 15.6 Å². The van der Waals surface area contributed by atoms with Gasteiger partial charge in [-0.15, -0.1) is 11.3 Å². The molecule has 0 aliphatic carbocycles. The first-order valence-corrected chi connectivity index (χ1v) is 7.93. The van der Waals surface area contributed by atoms with Gasteiger partial charge in [0.2, 0.25) is 11.8 Å². The number of ether oxygens (including phenoxy) is 1. The molecule has 122 valence electrons. The third-order valence-corrected chi connectivity index (χ3v) is 3.98. The molecular formula is C16H19N3O3S. The van der Waals surface area contributed by atoms with Crippen LogP contribution in [0.25, 0.3) is 0 Å². The van der Waals surface area contributed by atoms with Crippen LogP contribution >= 0.6 is 11.3 Å². The zero-order valence-electron chi connectivity index (χ0n) is 13.3. The predicted octanol–water partition coefficient (Wildman–Crippen LogP) is 2.67. The second kappa shape index (κ2) is 7.73. The summed E-state index contributed by atoms with van der Waals surface area (Å²) in [6, 6.07) is 6.86. The minimum atomic E-state index is -0.403. The number of aryl methyl sites for hydroxylation is 1. The van der Waals surface area contributed by atoms with Gasteiger partial charge in [-0.25, -0.2) is 4.98 Å². The quantitative estimate of drug-likeness (QED) is 0.852. The molecule has 0 saturated heterocycles. The topological polar surface area (TPSA) is 80.3 Å². The van der Waals surface area contributed by atoms with Crippen LogP contribution in [0.5, 0.6) is 5.75 Å². The summed E-state index contributed by atoms with van der Waals surface area (Å²) in [5.74, 6) is 0.329. The molecule has 2 aromatic rings. The number of hydrogen-bond donors (Lipinski definition) is 2. The fourth-order valence-electron chi connectivity index (χ4n) is 2.10. The summed E-state index contributed by atoms with van der Waals surface area (Å²) in [4.78, 5) is 28.7. The molecule has 0 saturated carbocycles. The molecule has 1 aromatic carbocycles. The average molecular weight is 333 g/mol. The molecule has 1 atom stereocenters. The summed E-state index contributed by atoms with van der Waals surface area (Å²) >= 11 is 1.41. The maximum atomic E-state index is 12.2. The largest absolute Gasteiger partial charge is 0.497 e. The van der Waals surface area contributed by atoms with E-state index in [1.54, 1.807) is 25.4 Å². The van der Waals surface area contributed by atoms with Crippen LogP contribution in [-0.2, 0) is 9.59 Å². The van der Waals surface area contributed by atoms with Crippen molar-refractivity contribution < 1.29 is 14.3 Å². The van der Waals surface area contributed by atoms with Crippen molar-refractivity contribution in [2.45, 2.75) is 26.3 Å². The summed E-state index contributed by atoms with van der Waals surface area (Å²) in [7, 11) is 1.59. The molecule has 6 nitrogen and oxygen atoms in total. The summed E-state index contributed by atoms with van der Waals surface area (Å²) < 4.78 is 5.12. The Balaban J connectivity index is 2.07. The van der Waals surface area contributed by atoms with Crippen molar-refractivity contribution in [2.24, 2.45) is 0 Å². The van der Waals surface area contributed by atoms with Crippen LogP contribution in [0.2, 0.25) is 0 Å². The maximum Gasteiger partial charge on any atom is 0.228 e. The van der Waals surface area contributed by atoms with Gasteiger partial charge in [-0.05, 0) is 24.6 Å². The molecule has 0 spiro atoms. The monoisotopic (exact) mass is 333 g/mol. The van der Waals surface area contributed by atoms with Crippen molar-refractivity contribution in [3.63, 3.8) is 0 Å². The number of aromatic nitrogens is 1. The second-order valence-corrected chi connectivity index (χ2v) is 6.29. The van der Waals surface area contributed by atoms with E-state index >= 15 is 0 Å². The van der Waals surface area contributed by atoms with E-state index in [0.717, 1.165) is 16.2 Å². The number of nitrogens with zero attached hydrogens (tertiary/aromatic N) is 1. The van der Waals surface area contributed by atoms with E-state index in [0.29, 0.717) is 5.13 Å². The number of nitrogens with one attached hydrogen (secondary N) is 2. The molecule has 0 bridgehead atoms. The minimum Gasteiger partial charge on any atom is -0.497 e. The SMILES string of the molecule is COc1ccc([C@H](CC(=O)Nc2ncc(C)s2)NC(C)=O)cc1. The number of amides is 2. The Morgan fingerprint density at radius 3 is 2.52 bits per heavy atom. The molecule has 0 radical (unpaired) electrons. The summed E-state index contributed by atoms with van der Waals surface area (Å²) in [5.41, 5.74) is 0.839. The Hall–Kier alpha value is -2.41. The first-order chi connectivity index (χ1) is 11.0. The van der Waals surface area contributed by atoms with Crippen LogP contribution in [-0.4, -0.2) is 23.9 Å². The van der Waals surface area contributed by atoms with Gasteiger partial charge in [0.15, 0.2) is 5.13 Å². The molecule has 2 rings (SSSR count). The number of benzene rings is 1. The fraction of sp³-hybridized carbons (Fsp3) is 0.312. The van der Waals surface area contributed by atoms with Crippen LogP contribution in [0.4, 0.5) is 5.13 Å². The number of carbonyl (C=O) groups is 2. The van der Waals surface area contributed by atoms with Gasteiger partial charge >= 0.3 is 0 Å². The summed E-state index contributed by atoms with van der Waals surface area (Å²) in [5, 5.41) is 6.11. The molecule has 2 amide bonds. The summed E-state index contributed by atoms with van der Waals surface area (Å²) in [6.07, 6.45) is 1.83. The molecule has 0 fully saturated rings. The molecule has 0 aliphatic rings. The average Bonchev–Trinajstić information content (AvgIpc) is 2.91. The van der Waals surface area contributed by atoms with Gasteiger partial charge in [0.1, 0.15) is 5.75 Å². The van der Waals surface area contributed by atoms with Crippen LogP contribution < -0.4 is 15.4 Å². The van der Waals surface area contributed by atoms with Gasteiger partial charge in [-0.2, -0.15) is 0 Å². The highest BCUT2D eigenvalue weighted by Gasteiger charge is 2.18. The standard InChI is InChI=1S/C16H19N3O3S/c1-10-9-17-16(23-10)19-15(21)8-14(18-11(2)20)12-4-6-13(22-3)7-5-12/h4-7,9,14H,8H2,1-3H3,(H,18,20)(H,17,19,21)/t14-/m0/s1. The number of carbonyl (C=O) groups excluding carboxylic acids is 2. The lowest BCUT2D eigenvalue weighted by Crippen LogP contribution is -2.29. The molecule has 0 unspecified atom stereocenters. The highest BCUT2D eigenvalue weighted by atomic mass is 32.1. The smallest absolute Gasteiger partial charge is 0.228 e. The second-order valence-electron chi connectivity index (χ2n) is 5.05. The number of methoxy groups -OCH3 is 1. The Morgan fingerprint density at radius 1 is 1.30 bits per heavy atom. The van der Waals surface area contributed by atoms with Crippen LogP contribution in [0.1, 0.15) is 29.8 Å². The Labute approximate surface area is 138 Å². The van der Waals surface area contributed by atoms with Crippen molar-refractivity contribution >= 4 is 28.3 Å². The third-order valence-electron chi connectivity index (χ3n) is 3.15. The Bertz CT molecular complexity index is 682. The van der Waals surface area contributed by atoms with Crippen molar-refractivity contribution in [3.8, 4) is 5.75 Å². The molecule has 7 heteroatoms. The third kappa shape index (κ3) is 5.07. The Morgan fingerprint density at radius 2 is 2.00 bits per heavy atom. The molecule has 2 N–H and O–H groups in total. The molecule has 23 heavy (non-hydrogen) atoms. The number of hydrogen-bond acceptors (Lipinski definition) is 5. The highest BCUT2D eigenvalue weighted by Crippen LogP contribution is 2.22. The van der Waals surface area contributed by atoms with E-state index in [1.165, 1.54) is 18.3 Å². The summed E-state index contributed by atoms with van der Waals surface area (Å²) in [6.45, 7) is 3.35. The van der Waals surface area contributed by atoms with Gasteiger partial charge < -0.3 is 15.4 Å². The van der Waals surface area contributed by atoms with Gasteiger partial charge in [0, 0.05) is 18.0 Å². The Kier molecular flexibility index (Phi) is 5.70. The zero-order chi connectivity index (χ0) is 16.8. The number of anilines is 1. The predicted molar refractivity (Wildman–Crippen MR) is 89.6 cm³/mol. The molecule has 1 heterocycles. The highest BCUT2D eigenvalue weighted by molar-refractivity contribution is 7.15. The van der Waals surface area contributed by atoms with Crippen LogP contribution in [0.15, 0.2) is 30.5 Å². The van der Waals surface area contributed by atoms with E-state index in [-0.39, 0.29) is 18.2 Å². The van der Waals surface area contributed by atoms with Crippen molar-refractivity contribution in [1.29, 1.82) is 0 Å². The molecule has 0 aliphatic heterocycles. The van der Waals surface area contributed by atoms with Gasteiger partial charge in [0.25, 0.3) is 0 Å². The fourth-order valence-corrected chi connectivity index (χ4v) is 2.78. The van der Waals surface area contributed by atoms with Gasteiger partial charge in [-0.3, -0.25) is 9.59 Å². The van der Waals surface area contributed by atoms with Crippen LogP contribution in [0.3, 0.4) is 0 Å². The number of rotatable bonds is 6. The first-order valence-electron chi connectivity index (χ1n) is 7.11. The van der Waals surface area contributed by atoms with Gasteiger partial charge in [-0.1, -0.05) is 12.1 Å². The van der Waals surface area contributed by atoms with Crippen molar-refractivity contribution in [3.05, 3.63) is 40.9 Å². The lowest BCUT2D eigenvalue weighted by molar-refractivity contribution is -0.120. The van der Waals surface area contributed by atoms with E-state index in [1.807, 2.05) is 19.1 Å². The maximum absolute atomic E-state index is 12.2. The van der Waals surface area contributed by atoms with Gasteiger partial charge in [0.05, 0.1) is 19.6 Å².